The van der Waals surface area contributed by atoms with Crippen LogP contribution in [0.4, 0.5) is 11.4 Å². The summed E-state index contributed by atoms with van der Waals surface area (Å²) >= 11 is 5.80. The van der Waals surface area contributed by atoms with Crippen LogP contribution in [-0.2, 0) is 17.8 Å². The minimum absolute atomic E-state index is 0.0392. The number of methoxy groups -OCH3 is 1. The second-order valence-electron chi connectivity index (χ2n) is 6.57. The van der Waals surface area contributed by atoms with E-state index in [-0.39, 0.29) is 17.5 Å². The number of rotatable bonds is 7. The quantitative estimate of drug-likeness (QED) is 0.402. The number of carbonyl (C=O) groups excluding carboxylic acids is 1. The summed E-state index contributed by atoms with van der Waals surface area (Å²) in [5, 5.41) is 11.1. The number of alkyl halides is 1. The number of benzene rings is 2. The molecule has 0 saturated carbocycles. The highest BCUT2D eigenvalue weighted by Gasteiger charge is 2.33. The minimum Gasteiger partial charge on any atom is -0.497 e. The molecular formula is C20H21ClN2O4. The Bertz CT molecular complexity index is 838. The number of hydrogen-bond acceptors (Lipinski definition) is 4. The largest absolute Gasteiger partial charge is 0.497 e. The molecule has 6 nitrogen and oxygen atoms in total. The Morgan fingerprint density at radius 2 is 2.00 bits per heavy atom. The summed E-state index contributed by atoms with van der Waals surface area (Å²) in [4.78, 5) is 25.5. The van der Waals surface area contributed by atoms with E-state index in [0.29, 0.717) is 25.3 Å². The molecule has 0 radical (unpaired) electrons. The Balaban J connectivity index is 1.94. The van der Waals surface area contributed by atoms with Gasteiger partial charge in [-0.15, -0.1) is 11.6 Å². The van der Waals surface area contributed by atoms with Gasteiger partial charge in [0.15, 0.2) is 0 Å². The molecular weight excluding hydrogens is 368 g/mol. The minimum atomic E-state index is -0.404. The number of nitro benzene ring substituents is 1. The summed E-state index contributed by atoms with van der Waals surface area (Å²) in [6, 6.07) is 12.2. The van der Waals surface area contributed by atoms with Crippen LogP contribution in [0.2, 0.25) is 0 Å². The third-order valence-electron chi connectivity index (χ3n) is 4.83. The number of nitro groups is 1. The van der Waals surface area contributed by atoms with E-state index in [1.807, 2.05) is 24.3 Å². The van der Waals surface area contributed by atoms with Crippen LogP contribution in [0.1, 0.15) is 24.0 Å². The van der Waals surface area contributed by atoms with Gasteiger partial charge >= 0.3 is 0 Å². The van der Waals surface area contributed by atoms with Crippen LogP contribution >= 0.6 is 11.6 Å². The van der Waals surface area contributed by atoms with Crippen LogP contribution < -0.4 is 9.64 Å². The molecule has 27 heavy (non-hydrogen) atoms. The van der Waals surface area contributed by atoms with Crippen LogP contribution in [-0.4, -0.2) is 23.8 Å². The monoisotopic (exact) mass is 388 g/mol. The molecule has 3 rings (SSSR count). The number of anilines is 1. The van der Waals surface area contributed by atoms with E-state index in [9.17, 15) is 14.9 Å². The molecule has 2 aromatic carbocycles. The highest BCUT2D eigenvalue weighted by molar-refractivity contribution is 6.17. The average molecular weight is 389 g/mol. The van der Waals surface area contributed by atoms with E-state index >= 15 is 0 Å². The van der Waals surface area contributed by atoms with Gasteiger partial charge < -0.3 is 9.64 Å². The van der Waals surface area contributed by atoms with Crippen molar-refractivity contribution >= 4 is 28.9 Å². The van der Waals surface area contributed by atoms with Crippen molar-refractivity contribution in [3.63, 3.8) is 0 Å². The normalized spacial score (nSPS) is 16.1. The van der Waals surface area contributed by atoms with E-state index < -0.39 is 4.92 Å². The number of fused-ring (bicyclic) bond motifs is 1. The van der Waals surface area contributed by atoms with Crippen molar-refractivity contribution in [3.8, 4) is 5.75 Å². The lowest BCUT2D eigenvalue weighted by molar-refractivity contribution is -0.384. The van der Waals surface area contributed by atoms with Crippen molar-refractivity contribution in [1.29, 1.82) is 0 Å². The molecule has 0 aliphatic carbocycles. The molecule has 1 aliphatic heterocycles. The number of carbonyl (C=O) groups is 1. The van der Waals surface area contributed by atoms with Crippen molar-refractivity contribution < 1.29 is 14.5 Å². The first kappa shape index (κ1) is 19.2. The first-order chi connectivity index (χ1) is 13.0. The second-order valence-corrected chi connectivity index (χ2v) is 6.95. The average Bonchev–Trinajstić information content (AvgIpc) is 2.68. The van der Waals surface area contributed by atoms with Crippen LogP contribution in [0, 0.1) is 16.0 Å². The third kappa shape index (κ3) is 4.22. The Hall–Kier alpha value is -2.60. The first-order valence-electron chi connectivity index (χ1n) is 8.81. The van der Waals surface area contributed by atoms with Crippen LogP contribution in [0.25, 0.3) is 0 Å². The second kappa shape index (κ2) is 8.39. The zero-order valence-electron chi connectivity index (χ0n) is 15.1. The lowest BCUT2D eigenvalue weighted by atomic mass is 9.88. The fraction of sp³-hybridized carbons (Fsp3) is 0.350. The van der Waals surface area contributed by atoms with Gasteiger partial charge in [0.1, 0.15) is 5.75 Å². The predicted molar refractivity (Wildman–Crippen MR) is 104 cm³/mol. The van der Waals surface area contributed by atoms with E-state index in [4.69, 9.17) is 16.3 Å². The van der Waals surface area contributed by atoms with E-state index in [0.717, 1.165) is 29.0 Å². The molecule has 0 spiro atoms. The highest BCUT2D eigenvalue weighted by Crippen LogP contribution is 2.36. The van der Waals surface area contributed by atoms with Gasteiger partial charge in [0.25, 0.3) is 5.69 Å². The van der Waals surface area contributed by atoms with Gasteiger partial charge in [-0.3, -0.25) is 14.9 Å². The van der Waals surface area contributed by atoms with Crippen molar-refractivity contribution in [3.05, 3.63) is 63.7 Å². The number of amides is 1. The zero-order valence-corrected chi connectivity index (χ0v) is 15.8. The smallest absolute Gasteiger partial charge is 0.269 e. The number of halogens is 1. The van der Waals surface area contributed by atoms with E-state index in [2.05, 4.69) is 0 Å². The maximum Gasteiger partial charge on any atom is 0.269 e. The van der Waals surface area contributed by atoms with Crippen molar-refractivity contribution in [2.24, 2.45) is 5.92 Å². The molecule has 0 aromatic heterocycles. The molecule has 1 unspecified atom stereocenters. The molecule has 1 amide bonds. The summed E-state index contributed by atoms with van der Waals surface area (Å²) in [5.41, 5.74) is 2.58. The van der Waals surface area contributed by atoms with Crippen LogP contribution in [0.5, 0.6) is 5.75 Å². The summed E-state index contributed by atoms with van der Waals surface area (Å²) in [7, 11) is 1.60. The number of hydrogen-bond donors (Lipinski definition) is 0. The summed E-state index contributed by atoms with van der Waals surface area (Å²) < 4.78 is 5.18. The Morgan fingerprint density at radius 1 is 1.26 bits per heavy atom. The zero-order chi connectivity index (χ0) is 19.4. The molecule has 0 N–H and O–H groups in total. The molecule has 0 saturated heterocycles. The lowest BCUT2D eigenvalue weighted by Gasteiger charge is -2.34. The summed E-state index contributed by atoms with van der Waals surface area (Å²) in [5.74, 6) is 1.07. The topological polar surface area (TPSA) is 72.7 Å². The Morgan fingerprint density at radius 3 is 2.63 bits per heavy atom. The maximum absolute atomic E-state index is 13.1. The molecule has 7 heteroatoms. The first-order valence-corrected chi connectivity index (χ1v) is 9.34. The molecule has 142 valence electrons. The van der Waals surface area contributed by atoms with Gasteiger partial charge in [0, 0.05) is 29.6 Å². The summed E-state index contributed by atoms with van der Waals surface area (Å²) in [6.45, 7) is 0.408. The molecule has 0 fully saturated rings. The fourth-order valence-corrected chi connectivity index (χ4v) is 3.58. The number of nitrogens with zero attached hydrogens (tertiary/aromatic N) is 2. The maximum atomic E-state index is 13.1. The van der Waals surface area contributed by atoms with Gasteiger partial charge in [-0.1, -0.05) is 12.1 Å². The third-order valence-corrected chi connectivity index (χ3v) is 5.10. The van der Waals surface area contributed by atoms with Crippen molar-refractivity contribution in [2.75, 3.05) is 17.9 Å². The van der Waals surface area contributed by atoms with Gasteiger partial charge in [0.05, 0.1) is 18.6 Å². The number of non-ortho nitro benzene ring substituents is 1. The molecule has 1 heterocycles. The molecule has 2 aromatic rings. The molecule has 0 bridgehead atoms. The van der Waals surface area contributed by atoms with Crippen LogP contribution in [0.15, 0.2) is 42.5 Å². The Labute approximate surface area is 162 Å². The fourth-order valence-electron chi connectivity index (χ4n) is 3.43. The highest BCUT2D eigenvalue weighted by atomic mass is 35.5. The van der Waals surface area contributed by atoms with Gasteiger partial charge in [-0.2, -0.15) is 0 Å². The number of ether oxygens (including phenoxy) is 1. The lowest BCUT2D eigenvalue weighted by Crippen LogP contribution is -2.41. The van der Waals surface area contributed by atoms with Gasteiger partial charge in [0.2, 0.25) is 5.91 Å². The van der Waals surface area contributed by atoms with Gasteiger partial charge in [-0.05, 0) is 48.6 Å². The summed E-state index contributed by atoms with van der Waals surface area (Å²) in [6.07, 6.45) is 1.91. The SMILES string of the molecule is COc1ccc(CN2C(=O)C(CCCCl)Cc3cc([N+](=O)[O-])ccc32)cc1. The predicted octanol–water partition coefficient (Wildman–Crippen LogP) is 4.33. The van der Waals surface area contributed by atoms with Crippen molar-refractivity contribution in [1.82, 2.24) is 0 Å². The molecule has 1 aliphatic rings. The standard InChI is InChI=1S/C20H21ClN2O4/c1-27-18-7-4-14(5-8-18)13-22-19-9-6-17(23(25)26)12-16(19)11-15(20(22)24)3-2-10-21/h4-9,12,15H,2-3,10-11,13H2,1H3. The van der Waals surface area contributed by atoms with E-state index in [1.165, 1.54) is 6.07 Å². The van der Waals surface area contributed by atoms with Gasteiger partial charge in [-0.25, -0.2) is 0 Å². The molecule has 1 atom stereocenters. The Kier molecular flexibility index (Phi) is 5.96. The van der Waals surface area contributed by atoms with Crippen LogP contribution in [0.3, 0.4) is 0 Å². The van der Waals surface area contributed by atoms with E-state index in [1.54, 1.807) is 24.1 Å². The van der Waals surface area contributed by atoms with Crippen molar-refractivity contribution in [2.45, 2.75) is 25.8 Å².